The Balaban J connectivity index is 0.910. The summed E-state index contributed by atoms with van der Waals surface area (Å²) < 4.78 is 34.8. The molecular weight excluding hydrogens is 828 g/mol. The van der Waals surface area contributed by atoms with Crippen LogP contribution in [0.15, 0.2) is 0 Å². The number of fused-ring (bicyclic) bond motifs is 5. The van der Waals surface area contributed by atoms with E-state index in [4.69, 9.17) is 28.4 Å². The zero-order valence-electron chi connectivity index (χ0n) is 37.3. The molecule has 0 aromatic rings. The molecule has 7 aliphatic rings. The smallest absolute Gasteiger partial charge is 0.187 e. The highest BCUT2D eigenvalue weighted by Crippen LogP contribution is 2.68. The Morgan fingerprint density at radius 1 is 0.667 bits per heavy atom. The van der Waals surface area contributed by atoms with Crippen LogP contribution in [0.2, 0.25) is 0 Å². The summed E-state index contributed by atoms with van der Waals surface area (Å²) in [5.74, 6) is 0.945. The fraction of sp³-hybridized carbons (Fsp3) is 0.978. The summed E-state index contributed by atoms with van der Waals surface area (Å²) in [5, 5.41) is 115. The van der Waals surface area contributed by atoms with Crippen molar-refractivity contribution in [2.24, 2.45) is 52.3 Å². The van der Waals surface area contributed by atoms with Gasteiger partial charge in [-0.05, 0) is 111 Å². The Bertz CT molecular complexity index is 1520. The number of carbonyl (C=O) groups is 1. The maximum atomic E-state index is 13.8. The van der Waals surface area contributed by atoms with Crippen LogP contribution in [0.1, 0.15) is 98.8 Å². The fourth-order valence-electron chi connectivity index (χ4n) is 13.5. The number of hydrogen-bond donors (Lipinski definition) is 11. The molecular formula is C45H76O18. The van der Waals surface area contributed by atoms with Crippen molar-refractivity contribution in [1.29, 1.82) is 0 Å². The highest BCUT2D eigenvalue weighted by molar-refractivity contribution is 5.81. The molecule has 26 atom stereocenters. The highest BCUT2D eigenvalue weighted by atomic mass is 16.7. The van der Waals surface area contributed by atoms with Gasteiger partial charge in [-0.3, -0.25) is 4.79 Å². The summed E-state index contributed by atoms with van der Waals surface area (Å²) in [5.41, 5.74) is -0.172. The van der Waals surface area contributed by atoms with Gasteiger partial charge in [0.05, 0.1) is 38.1 Å². The van der Waals surface area contributed by atoms with Crippen LogP contribution in [0.4, 0.5) is 0 Å². The van der Waals surface area contributed by atoms with Crippen molar-refractivity contribution in [3.63, 3.8) is 0 Å². The lowest BCUT2D eigenvalue weighted by Crippen LogP contribution is -2.64. The number of rotatable bonds is 14. The third-order valence-corrected chi connectivity index (χ3v) is 17.3. The second kappa shape index (κ2) is 19.9. The molecule has 0 aromatic carbocycles. The van der Waals surface area contributed by atoms with Gasteiger partial charge in [0.2, 0.25) is 0 Å². The van der Waals surface area contributed by atoms with Crippen LogP contribution in [-0.4, -0.2) is 186 Å². The molecule has 3 heterocycles. The zero-order valence-corrected chi connectivity index (χ0v) is 37.3. The van der Waals surface area contributed by atoms with E-state index in [1.807, 2.05) is 13.8 Å². The monoisotopic (exact) mass is 905 g/mol. The summed E-state index contributed by atoms with van der Waals surface area (Å²) in [6.45, 7) is 9.03. The fourth-order valence-corrected chi connectivity index (χ4v) is 13.5. The van der Waals surface area contributed by atoms with E-state index in [0.29, 0.717) is 43.4 Å². The summed E-state index contributed by atoms with van der Waals surface area (Å²) in [6, 6.07) is 0. The maximum absolute atomic E-state index is 13.8. The minimum Gasteiger partial charge on any atom is -0.394 e. The molecule has 0 spiro atoms. The van der Waals surface area contributed by atoms with Gasteiger partial charge in [0.25, 0.3) is 0 Å². The normalized spacial score (nSPS) is 52.3. The van der Waals surface area contributed by atoms with Crippen LogP contribution >= 0.6 is 0 Å². The van der Waals surface area contributed by atoms with Crippen LogP contribution in [0.5, 0.6) is 0 Å². The third-order valence-electron chi connectivity index (χ3n) is 17.3. The van der Waals surface area contributed by atoms with E-state index in [1.165, 1.54) is 6.92 Å². The first kappa shape index (κ1) is 49.9. The van der Waals surface area contributed by atoms with E-state index in [9.17, 15) is 61.0 Å². The Labute approximate surface area is 369 Å². The van der Waals surface area contributed by atoms with Crippen molar-refractivity contribution in [3.8, 4) is 0 Å². The first-order valence-corrected chi connectivity index (χ1v) is 23.5. The Kier molecular flexibility index (Phi) is 15.8. The van der Waals surface area contributed by atoms with Crippen molar-refractivity contribution in [1.82, 2.24) is 0 Å². The van der Waals surface area contributed by atoms with Gasteiger partial charge in [0, 0.05) is 12.3 Å². The number of carbonyl (C=O) groups excluding carboxylic acids is 1. The zero-order chi connectivity index (χ0) is 45.9. The van der Waals surface area contributed by atoms with Crippen molar-refractivity contribution >= 4 is 5.78 Å². The van der Waals surface area contributed by atoms with E-state index < -0.39 is 111 Å². The molecule has 4 saturated carbocycles. The molecule has 0 amide bonds. The molecule has 0 aromatic heterocycles. The third kappa shape index (κ3) is 9.43. The molecule has 7 rings (SSSR count). The first-order chi connectivity index (χ1) is 29.7. The van der Waals surface area contributed by atoms with Gasteiger partial charge >= 0.3 is 0 Å². The molecule has 364 valence electrons. The molecule has 3 aliphatic heterocycles. The maximum Gasteiger partial charge on any atom is 0.187 e. The second-order valence-electron chi connectivity index (χ2n) is 21.0. The predicted octanol–water partition coefficient (Wildman–Crippen LogP) is -0.909. The molecule has 3 saturated heterocycles. The van der Waals surface area contributed by atoms with Gasteiger partial charge in [-0.2, -0.15) is 0 Å². The van der Waals surface area contributed by atoms with Crippen molar-refractivity contribution in [2.45, 2.75) is 203 Å². The molecule has 7 fully saturated rings. The second-order valence-corrected chi connectivity index (χ2v) is 21.0. The summed E-state index contributed by atoms with van der Waals surface area (Å²) in [6.07, 6.45) is -13.8. The Morgan fingerprint density at radius 3 is 1.98 bits per heavy atom. The van der Waals surface area contributed by atoms with Gasteiger partial charge in [-0.15, -0.1) is 0 Å². The number of aliphatic hydroxyl groups excluding tert-OH is 11. The van der Waals surface area contributed by atoms with Gasteiger partial charge in [0.15, 0.2) is 18.9 Å². The average Bonchev–Trinajstić information content (AvgIpc) is 3.54. The number of hydrogen-bond acceptors (Lipinski definition) is 18. The van der Waals surface area contributed by atoms with Crippen LogP contribution < -0.4 is 0 Å². The lowest BCUT2D eigenvalue weighted by Gasteiger charge is -2.61. The number of ketones is 1. The van der Waals surface area contributed by atoms with E-state index in [-0.39, 0.29) is 53.0 Å². The molecule has 0 radical (unpaired) electrons. The molecule has 1 unspecified atom stereocenters. The van der Waals surface area contributed by atoms with Gasteiger partial charge in [-0.1, -0.05) is 27.7 Å². The molecule has 18 nitrogen and oxygen atoms in total. The molecule has 0 bridgehead atoms. The Morgan fingerprint density at radius 2 is 1.29 bits per heavy atom. The number of aliphatic hydroxyl groups is 11. The molecule has 18 heteroatoms. The van der Waals surface area contributed by atoms with Crippen molar-refractivity contribution in [2.75, 3.05) is 19.8 Å². The lowest BCUT2D eigenvalue weighted by atomic mass is 9.44. The first-order valence-electron chi connectivity index (χ1n) is 23.5. The Hall–Kier alpha value is -1.01. The van der Waals surface area contributed by atoms with Gasteiger partial charge in [-0.25, -0.2) is 0 Å². The van der Waals surface area contributed by atoms with E-state index >= 15 is 0 Å². The molecule has 63 heavy (non-hydrogen) atoms. The van der Waals surface area contributed by atoms with Crippen LogP contribution in [0.25, 0.3) is 0 Å². The minimum atomic E-state index is -1.65. The van der Waals surface area contributed by atoms with Gasteiger partial charge < -0.3 is 84.6 Å². The molecule has 4 aliphatic carbocycles. The summed E-state index contributed by atoms with van der Waals surface area (Å²) in [7, 11) is 0. The van der Waals surface area contributed by atoms with E-state index in [1.54, 1.807) is 0 Å². The van der Waals surface area contributed by atoms with E-state index in [0.717, 1.165) is 38.5 Å². The SMILES string of the molecule is CC(CCC(=O)[C@@H](C)[C@H]1[C@H](O)C[C@H]2[C@@H]3CC[C@H]4C[C@@H](O[C@@H]5O[C@H](CO)[C@@H](O[C@@H]6O[C@@H](C)[C@H](O)[C@@H](O)[C@H]6O)[C@H](O)[C@H]5O)CC[C@]4(C)[C@H]3CC[C@]12C)CO[C@@H]1O[C@H](CO)[C@@H](O)[C@H](O)[C@H]1O. The van der Waals surface area contributed by atoms with E-state index in [2.05, 4.69) is 13.8 Å². The largest absolute Gasteiger partial charge is 0.394 e. The number of Topliss-reactive ketones (excluding diaryl/α,β-unsaturated/α-hetero) is 1. The highest BCUT2D eigenvalue weighted by Gasteiger charge is 2.64. The summed E-state index contributed by atoms with van der Waals surface area (Å²) in [4.78, 5) is 13.8. The standard InChI is InChI=1S/C45H76O18/c1-19(18-58-41-37(55)35(53)33(51)29(16-46)61-41)6-9-27(48)20(2)31-28(49)15-26-24-8-7-22-14-23(10-12-44(22,4)25(24)11-13-45(26,31)5)60-43-39(57)36(54)40(30(17-47)62-43)63-42-38(56)34(52)32(50)21(3)59-42/h19-26,28-43,46-47,49-57H,6-18H2,1-5H3/t19?,20-,21+,22+,23+,24-,25+,26+,28-,29-,30-,31+,32+,33-,34-,35+,36-,37-,38-,39-,40-,41-,42+,43-,44+,45+/m1/s1. The average molecular weight is 905 g/mol. The van der Waals surface area contributed by atoms with Crippen LogP contribution in [0.3, 0.4) is 0 Å². The minimum absolute atomic E-state index is 0.0244. The summed E-state index contributed by atoms with van der Waals surface area (Å²) >= 11 is 0. The molecule has 11 N–H and O–H groups in total. The van der Waals surface area contributed by atoms with Crippen LogP contribution in [0, 0.1) is 52.3 Å². The van der Waals surface area contributed by atoms with Crippen LogP contribution in [-0.2, 0) is 33.2 Å². The predicted molar refractivity (Wildman–Crippen MR) is 219 cm³/mol. The van der Waals surface area contributed by atoms with Crippen molar-refractivity contribution < 1.29 is 89.4 Å². The quantitative estimate of drug-likeness (QED) is 0.0941. The number of ether oxygens (including phenoxy) is 6. The van der Waals surface area contributed by atoms with Gasteiger partial charge in [0.1, 0.15) is 72.9 Å². The lowest BCUT2D eigenvalue weighted by molar-refractivity contribution is -0.361. The topological polar surface area (TPSA) is 295 Å². The van der Waals surface area contributed by atoms with Crippen molar-refractivity contribution in [3.05, 3.63) is 0 Å².